The third-order valence-electron chi connectivity index (χ3n) is 3.98. The number of hydrogen-bond acceptors (Lipinski definition) is 3. The first kappa shape index (κ1) is 15.6. The van der Waals surface area contributed by atoms with Crippen molar-refractivity contribution in [3.8, 4) is 5.69 Å². The minimum absolute atomic E-state index is 0.182. The van der Waals surface area contributed by atoms with Crippen LogP contribution in [0.1, 0.15) is 31.5 Å². The van der Waals surface area contributed by atoms with Crippen LogP contribution in [0, 0.1) is 6.92 Å². The van der Waals surface area contributed by atoms with Crippen LogP contribution in [0.3, 0.4) is 0 Å². The van der Waals surface area contributed by atoms with Crippen LogP contribution in [0.15, 0.2) is 30.3 Å². The lowest BCUT2D eigenvalue weighted by Gasteiger charge is -2.21. The third-order valence-corrected chi connectivity index (χ3v) is 3.98. The van der Waals surface area contributed by atoms with Crippen molar-refractivity contribution in [3.63, 3.8) is 0 Å². The van der Waals surface area contributed by atoms with Gasteiger partial charge in [-0.1, -0.05) is 25.1 Å². The van der Waals surface area contributed by atoms with E-state index in [1.807, 2.05) is 22.9 Å². The monoisotopic (exact) mass is 286 g/mol. The molecule has 0 saturated carbocycles. The molecule has 4 nitrogen and oxygen atoms in total. The number of benzene rings is 1. The first-order chi connectivity index (χ1) is 10.1. The van der Waals surface area contributed by atoms with Crippen molar-refractivity contribution in [2.45, 2.75) is 39.7 Å². The SMILES string of the molecule is CCC(N)Cc1c(C)nn(-c2ccccc2)c1N(C)CC. The molecule has 1 aromatic carbocycles. The molecule has 2 N–H and O–H groups in total. The summed E-state index contributed by atoms with van der Waals surface area (Å²) in [4.78, 5) is 2.24. The number of aryl methyl sites for hydroxylation is 1. The van der Waals surface area contributed by atoms with Crippen LogP contribution < -0.4 is 10.6 Å². The van der Waals surface area contributed by atoms with Crippen molar-refractivity contribution < 1.29 is 0 Å². The second-order valence-corrected chi connectivity index (χ2v) is 5.52. The molecule has 2 aromatic rings. The molecule has 114 valence electrons. The molecular weight excluding hydrogens is 260 g/mol. The Hall–Kier alpha value is -1.81. The maximum Gasteiger partial charge on any atom is 0.135 e. The Morgan fingerprint density at radius 1 is 1.24 bits per heavy atom. The third kappa shape index (κ3) is 3.27. The van der Waals surface area contributed by atoms with E-state index in [4.69, 9.17) is 10.8 Å². The average Bonchev–Trinajstić information content (AvgIpc) is 2.84. The van der Waals surface area contributed by atoms with Gasteiger partial charge >= 0.3 is 0 Å². The number of hydrogen-bond donors (Lipinski definition) is 1. The Balaban J connectivity index is 2.53. The minimum Gasteiger partial charge on any atom is -0.360 e. The lowest BCUT2D eigenvalue weighted by atomic mass is 10.0. The predicted octanol–water partition coefficient (Wildman–Crippen LogP) is 2.92. The Labute approximate surface area is 127 Å². The summed E-state index contributed by atoms with van der Waals surface area (Å²) < 4.78 is 2.04. The van der Waals surface area contributed by atoms with Crippen LogP contribution in [0.2, 0.25) is 0 Å². The molecular formula is C17H26N4. The van der Waals surface area contributed by atoms with Crippen LogP contribution in [-0.4, -0.2) is 29.4 Å². The van der Waals surface area contributed by atoms with E-state index in [1.54, 1.807) is 0 Å². The van der Waals surface area contributed by atoms with Gasteiger partial charge in [-0.25, -0.2) is 4.68 Å². The summed E-state index contributed by atoms with van der Waals surface area (Å²) in [5.41, 5.74) is 9.60. The fourth-order valence-electron chi connectivity index (χ4n) is 2.48. The van der Waals surface area contributed by atoms with E-state index in [0.29, 0.717) is 0 Å². The van der Waals surface area contributed by atoms with Gasteiger partial charge in [0.25, 0.3) is 0 Å². The second kappa shape index (κ2) is 6.76. The van der Waals surface area contributed by atoms with Gasteiger partial charge in [-0.15, -0.1) is 0 Å². The molecule has 0 aliphatic rings. The normalized spacial score (nSPS) is 12.4. The average molecular weight is 286 g/mol. The lowest BCUT2D eigenvalue weighted by Crippen LogP contribution is -2.25. The van der Waals surface area contributed by atoms with E-state index in [0.717, 1.165) is 36.6 Å². The van der Waals surface area contributed by atoms with Crippen LogP contribution in [0.4, 0.5) is 5.82 Å². The highest BCUT2D eigenvalue weighted by atomic mass is 15.4. The Bertz CT molecular complexity index is 574. The first-order valence-electron chi connectivity index (χ1n) is 7.69. The molecule has 0 aliphatic carbocycles. The van der Waals surface area contributed by atoms with E-state index in [1.165, 1.54) is 5.56 Å². The molecule has 0 fully saturated rings. The summed E-state index contributed by atoms with van der Waals surface area (Å²) >= 11 is 0. The van der Waals surface area contributed by atoms with Gasteiger partial charge in [0, 0.05) is 25.2 Å². The van der Waals surface area contributed by atoms with Gasteiger partial charge in [-0.2, -0.15) is 5.10 Å². The molecule has 21 heavy (non-hydrogen) atoms. The summed E-state index contributed by atoms with van der Waals surface area (Å²) in [5, 5.41) is 4.76. The number of aromatic nitrogens is 2. The van der Waals surface area contributed by atoms with Gasteiger partial charge in [-0.3, -0.25) is 0 Å². The van der Waals surface area contributed by atoms with Crippen molar-refractivity contribution >= 4 is 5.82 Å². The van der Waals surface area contributed by atoms with E-state index in [9.17, 15) is 0 Å². The fourth-order valence-corrected chi connectivity index (χ4v) is 2.48. The van der Waals surface area contributed by atoms with Crippen molar-refractivity contribution in [2.24, 2.45) is 5.73 Å². The number of para-hydroxylation sites is 1. The summed E-state index contributed by atoms with van der Waals surface area (Å²) in [6, 6.07) is 10.5. The molecule has 4 heteroatoms. The van der Waals surface area contributed by atoms with E-state index < -0.39 is 0 Å². The quantitative estimate of drug-likeness (QED) is 0.888. The lowest BCUT2D eigenvalue weighted by molar-refractivity contribution is 0.643. The summed E-state index contributed by atoms with van der Waals surface area (Å²) in [6.45, 7) is 7.29. The number of nitrogens with two attached hydrogens (primary N) is 1. The molecule has 0 spiro atoms. The highest BCUT2D eigenvalue weighted by molar-refractivity contribution is 5.55. The molecule has 0 saturated heterocycles. The summed E-state index contributed by atoms with van der Waals surface area (Å²) in [5.74, 6) is 1.16. The molecule has 1 atom stereocenters. The maximum absolute atomic E-state index is 6.18. The standard InChI is InChI=1S/C17H26N4/c1-5-14(18)12-16-13(3)19-21(17(16)20(4)6-2)15-10-8-7-9-11-15/h7-11,14H,5-6,12,18H2,1-4H3. The smallest absolute Gasteiger partial charge is 0.135 e. The predicted molar refractivity (Wildman–Crippen MR) is 89.2 cm³/mol. The van der Waals surface area contributed by atoms with Crippen LogP contribution in [-0.2, 0) is 6.42 Å². The molecule has 0 amide bonds. The molecule has 0 radical (unpaired) electrons. The Morgan fingerprint density at radius 3 is 2.48 bits per heavy atom. The molecule has 1 aromatic heterocycles. The largest absolute Gasteiger partial charge is 0.360 e. The minimum atomic E-state index is 0.182. The van der Waals surface area contributed by atoms with Gasteiger partial charge in [0.15, 0.2) is 0 Å². The summed E-state index contributed by atoms with van der Waals surface area (Å²) in [7, 11) is 2.11. The number of nitrogens with zero attached hydrogens (tertiary/aromatic N) is 3. The zero-order valence-corrected chi connectivity index (χ0v) is 13.5. The van der Waals surface area contributed by atoms with Gasteiger partial charge < -0.3 is 10.6 Å². The van der Waals surface area contributed by atoms with Crippen molar-refractivity contribution in [2.75, 3.05) is 18.5 Å². The zero-order chi connectivity index (χ0) is 15.4. The van der Waals surface area contributed by atoms with Crippen molar-refractivity contribution in [3.05, 3.63) is 41.6 Å². The zero-order valence-electron chi connectivity index (χ0n) is 13.5. The van der Waals surface area contributed by atoms with E-state index in [2.05, 4.69) is 44.9 Å². The topological polar surface area (TPSA) is 47.1 Å². The van der Waals surface area contributed by atoms with Crippen LogP contribution in [0.5, 0.6) is 0 Å². The number of anilines is 1. The molecule has 0 aliphatic heterocycles. The second-order valence-electron chi connectivity index (χ2n) is 5.52. The van der Waals surface area contributed by atoms with Crippen LogP contribution >= 0.6 is 0 Å². The number of rotatable bonds is 6. The highest BCUT2D eigenvalue weighted by Gasteiger charge is 2.20. The fraction of sp³-hybridized carbons (Fsp3) is 0.471. The van der Waals surface area contributed by atoms with Gasteiger partial charge in [0.2, 0.25) is 0 Å². The van der Waals surface area contributed by atoms with Crippen molar-refractivity contribution in [1.82, 2.24) is 9.78 Å². The summed E-state index contributed by atoms with van der Waals surface area (Å²) in [6.07, 6.45) is 1.85. The van der Waals surface area contributed by atoms with E-state index in [-0.39, 0.29) is 6.04 Å². The Kier molecular flexibility index (Phi) is 5.02. The molecule has 1 unspecified atom stereocenters. The molecule has 0 bridgehead atoms. The van der Waals surface area contributed by atoms with Crippen LogP contribution in [0.25, 0.3) is 5.69 Å². The Morgan fingerprint density at radius 2 is 1.90 bits per heavy atom. The highest BCUT2D eigenvalue weighted by Crippen LogP contribution is 2.27. The molecule has 1 heterocycles. The van der Waals surface area contributed by atoms with E-state index >= 15 is 0 Å². The van der Waals surface area contributed by atoms with Gasteiger partial charge in [0.05, 0.1) is 11.4 Å². The maximum atomic E-state index is 6.18. The van der Waals surface area contributed by atoms with Gasteiger partial charge in [0.1, 0.15) is 5.82 Å². The van der Waals surface area contributed by atoms with Gasteiger partial charge in [-0.05, 0) is 38.8 Å². The first-order valence-corrected chi connectivity index (χ1v) is 7.69. The molecule has 2 rings (SSSR count). The van der Waals surface area contributed by atoms with Crippen molar-refractivity contribution in [1.29, 1.82) is 0 Å².